The van der Waals surface area contributed by atoms with Crippen LogP contribution >= 0.6 is 0 Å². The van der Waals surface area contributed by atoms with E-state index >= 15 is 4.39 Å². The lowest BCUT2D eigenvalue weighted by Gasteiger charge is -2.32. The zero-order valence-corrected chi connectivity index (χ0v) is 14.8. The van der Waals surface area contributed by atoms with Gasteiger partial charge in [0, 0.05) is 23.0 Å². The SMILES string of the molecule is O=C1CC[C@H](N2Cc3c(cc(F)c4c3OCC43CCNCC3)C2=O)C(=O)N1. The summed E-state index contributed by atoms with van der Waals surface area (Å²) in [6.45, 7) is 2.24. The molecule has 0 aliphatic carbocycles. The molecule has 0 aromatic heterocycles. The van der Waals surface area contributed by atoms with E-state index in [2.05, 4.69) is 10.6 Å². The second kappa shape index (κ2) is 5.76. The number of carbonyl (C=O) groups excluding carboxylic acids is 3. The van der Waals surface area contributed by atoms with Crippen LogP contribution in [-0.4, -0.2) is 48.4 Å². The van der Waals surface area contributed by atoms with E-state index in [0.29, 0.717) is 23.5 Å². The Morgan fingerprint density at radius 2 is 2.00 bits per heavy atom. The third kappa shape index (κ3) is 2.32. The van der Waals surface area contributed by atoms with Crippen molar-refractivity contribution in [2.24, 2.45) is 0 Å². The lowest BCUT2D eigenvalue weighted by atomic mass is 9.74. The molecular formula is C19H20FN3O4. The number of piperidine rings is 2. The first-order chi connectivity index (χ1) is 13.0. The van der Waals surface area contributed by atoms with Crippen molar-refractivity contribution in [3.8, 4) is 5.75 Å². The molecule has 0 radical (unpaired) electrons. The molecule has 27 heavy (non-hydrogen) atoms. The Bertz CT molecular complexity index is 878. The molecule has 0 bridgehead atoms. The fraction of sp³-hybridized carbons (Fsp3) is 0.526. The summed E-state index contributed by atoms with van der Waals surface area (Å²) in [5.74, 6) is -1.10. The van der Waals surface area contributed by atoms with Crippen LogP contribution in [-0.2, 0) is 21.5 Å². The molecule has 1 aromatic carbocycles. The van der Waals surface area contributed by atoms with Gasteiger partial charge in [0.1, 0.15) is 17.6 Å². The highest BCUT2D eigenvalue weighted by Crippen LogP contribution is 2.50. The van der Waals surface area contributed by atoms with Gasteiger partial charge in [-0.1, -0.05) is 0 Å². The molecule has 7 nitrogen and oxygen atoms in total. The monoisotopic (exact) mass is 373 g/mol. The Balaban J connectivity index is 1.53. The van der Waals surface area contributed by atoms with Crippen LogP contribution in [0.1, 0.15) is 47.2 Å². The number of benzene rings is 1. The summed E-state index contributed by atoms with van der Waals surface area (Å²) in [7, 11) is 0. The van der Waals surface area contributed by atoms with E-state index in [-0.39, 0.29) is 42.2 Å². The standard InChI is InChI=1S/C19H20FN3O4/c20-12-7-10-11(16-15(12)19(9-27-16)3-5-21-6-4-19)8-23(18(10)26)13-1-2-14(24)22-17(13)25/h7,13,21H,1-6,8-9H2,(H,22,24,25)/t13-/m0/s1. The molecule has 5 rings (SSSR count). The van der Waals surface area contributed by atoms with Crippen LogP contribution in [0.3, 0.4) is 0 Å². The summed E-state index contributed by atoms with van der Waals surface area (Å²) in [6.07, 6.45) is 2.06. The molecule has 1 aromatic rings. The third-order valence-electron chi connectivity index (χ3n) is 6.33. The highest BCUT2D eigenvalue weighted by molar-refractivity contribution is 6.05. The maximum atomic E-state index is 15.1. The molecule has 4 aliphatic heterocycles. The van der Waals surface area contributed by atoms with E-state index in [1.807, 2.05) is 0 Å². The molecule has 2 fully saturated rings. The zero-order valence-electron chi connectivity index (χ0n) is 14.8. The molecule has 142 valence electrons. The number of imide groups is 1. The number of nitrogens with one attached hydrogen (secondary N) is 2. The third-order valence-corrected chi connectivity index (χ3v) is 6.33. The fourth-order valence-electron chi connectivity index (χ4n) is 4.88. The number of hydrogen-bond donors (Lipinski definition) is 2. The Kier molecular flexibility index (Phi) is 3.56. The topological polar surface area (TPSA) is 87.7 Å². The van der Waals surface area contributed by atoms with Gasteiger partial charge >= 0.3 is 0 Å². The van der Waals surface area contributed by atoms with Crippen molar-refractivity contribution in [2.45, 2.75) is 43.7 Å². The van der Waals surface area contributed by atoms with Gasteiger partial charge in [-0.15, -0.1) is 0 Å². The Labute approximate surface area is 155 Å². The maximum absolute atomic E-state index is 15.1. The predicted octanol–water partition coefficient (Wildman–Crippen LogP) is 0.600. The second-order valence-corrected chi connectivity index (χ2v) is 7.81. The van der Waals surface area contributed by atoms with Crippen molar-refractivity contribution in [3.05, 3.63) is 28.6 Å². The number of rotatable bonds is 1. The number of hydrogen-bond acceptors (Lipinski definition) is 5. The van der Waals surface area contributed by atoms with E-state index in [0.717, 1.165) is 25.9 Å². The van der Waals surface area contributed by atoms with Crippen molar-refractivity contribution in [1.29, 1.82) is 0 Å². The van der Waals surface area contributed by atoms with E-state index < -0.39 is 17.8 Å². The Morgan fingerprint density at radius 3 is 2.74 bits per heavy atom. The smallest absolute Gasteiger partial charge is 0.255 e. The summed E-state index contributed by atoms with van der Waals surface area (Å²) >= 11 is 0. The largest absolute Gasteiger partial charge is 0.492 e. The van der Waals surface area contributed by atoms with Gasteiger partial charge in [0.25, 0.3) is 5.91 Å². The number of amides is 3. The Hall–Kier alpha value is -2.48. The summed E-state index contributed by atoms with van der Waals surface area (Å²) in [4.78, 5) is 37.9. The van der Waals surface area contributed by atoms with Crippen LogP contribution in [0.25, 0.3) is 0 Å². The number of carbonyl (C=O) groups is 3. The van der Waals surface area contributed by atoms with Crippen molar-refractivity contribution in [2.75, 3.05) is 19.7 Å². The summed E-state index contributed by atoms with van der Waals surface area (Å²) < 4.78 is 21.0. The molecule has 4 heterocycles. The van der Waals surface area contributed by atoms with Gasteiger partial charge in [-0.2, -0.15) is 0 Å². The minimum absolute atomic E-state index is 0.190. The highest BCUT2D eigenvalue weighted by Gasteiger charge is 2.48. The maximum Gasteiger partial charge on any atom is 0.255 e. The van der Waals surface area contributed by atoms with Crippen molar-refractivity contribution in [3.63, 3.8) is 0 Å². The molecule has 0 saturated carbocycles. The summed E-state index contributed by atoms with van der Waals surface area (Å²) in [6, 6.07) is 0.594. The van der Waals surface area contributed by atoms with Gasteiger partial charge < -0.3 is 15.0 Å². The van der Waals surface area contributed by atoms with Gasteiger partial charge in [0.05, 0.1) is 18.7 Å². The fourth-order valence-corrected chi connectivity index (χ4v) is 4.88. The van der Waals surface area contributed by atoms with Crippen LogP contribution in [0.5, 0.6) is 5.75 Å². The quantitative estimate of drug-likeness (QED) is 0.704. The molecule has 2 N–H and O–H groups in total. The van der Waals surface area contributed by atoms with E-state index in [1.165, 1.54) is 11.0 Å². The van der Waals surface area contributed by atoms with Crippen molar-refractivity contribution < 1.29 is 23.5 Å². The van der Waals surface area contributed by atoms with Crippen molar-refractivity contribution in [1.82, 2.24) is 15.5 Å². The molecule has 8 heteroatoms. The number of fused-ring (bicyclic) bond motifs is 4. The van der Waals surface area contributed by atoms with Gasteiger partial charge in [-0.3, -0.25) is 19.7 Å². The van der Waals surface area contributed by atoms with Crippen molar-refractivity contribution >= 4 is 17.7 Å². The summed E-state index contributed by atoms with van der Waals surface area (Å²) in [5.41, 5.74) is 1.17. The van der Waals surface area contributed by atoms with Gasteiger partial charge in [-0.25, -0.2) is 4.39 Å². The molecule has 1 atom stereocenters. The Morgan fingerprint density at radius 1 is 1.22 bits per heavy atom. The van der Waals surface area contributed by atoms with Crippen LogP contribution in [0.15, 0.2) is 6.07 Å². The van der Waals surface area contributed by atoms with E-state index in [4.69, 9.17) is 4.74 Å². The highest BCUT2D eigenvalue weighted by atomic mass is 19.1. The molecule has 1 spiro atoms. The number of ether oxygens (including phenoxy) is 1. The first kappa shape index (κ1) is 16.7. The minimum atomic E-state index is -0.712. The first-order valence-corrected chi connectivity index (χ1v) is 9.34. The molecular weight excluding hydrogens is 353 g/mol. The lowest BCUT2D eigenvalue weighted by Crippen LogP contribution is -2.52. The normalized spacial score (nSPS) is 26.0. The van der Waals surface area contributed by atoms with E-state index in [9.17, 15) is 14.4 Å². The van der Waals surface area contributed by atoms with Crippen LogP contribution < -0.4 is 15.4 Å². The average Bonchev–Trinajstić information content (AvgIpc) is 3.16. The molecule has 0 unspecified atom stereocenters. The van der Waals surface area contributed by atoms with E-state index in [1.54, 1.807) is 0 Å². The lowest BCUT2D eigenvalue weighted by molar-refractivity contribution is -0.136. The van der Waals surface area contributed by atoms with Crippen LogP contribution in [0.2, 0.25) is 0 Å². The number of nitrogens with zero attached hydrogens (tertiary/aromatic N) is 1. The van der Waals surface area contributed by atoms with Crippen LogP contribution in [0, 0.1) is 5.82 Å². The van der Waals surface area contributed by atoms with Gasteiger partial charge in [0.2, 0.25) is 11.8 Å². The van der Waals surface area contributed by atoms with Gasteiger partial charge in [0.15, 0.2) is 0 Å². The first-order valence-electron chi connectivity index (χ1n) is 9.34. The predicted molar refractivity (Wildman–Crippen MR) is 91.7 cm³/mol. The zero-order chi connectivity index (χ0) is 18.8. The second-order valence-electron chi connectivity index (χ2n) is 7.81. The van der Waals surface area contributed by atoms with Crippen LogP contribution in [0.4, 0.5) is 4.39 Å². The molecule has 4 aliphatic rings. The van der Waals surface area contributed by atoms with Gasteiger partial charge in [-0.05, 0) is 38.4 Å². The minimum Gasteiger partial charge on any atom is -0.492 e. The molecule has 3 amide bonds. The summed E-state index contributed by atoms with van der Waals surface area (Å²) in [5, 5.41) is 5.57. The average molecular weight is 373 g/mol. The number of halogens is 1. The molecule has 2 saturated heterocycles.